The molecule has 0 radical (unpaired) electrons. The second-order valence-electron chi connectivity index (χ2n) is 6.30. The van der Waals surface area contributed by atoms with Crippen molar-refractivity contribution in [2.45, 2.75) is 38.6 Å². The predicted molar refractivity (Wildman–Crippen MR) is 88.7 cm³/mol. The van der Waals surface area contributed by atoms with Crippen LogP contribution in [0.1, 0.15) is 32.8 Å². The molecule has 2 rings (SSSR count). The number of nitrogens with zero attached hydrogens (tertiary/aromatic N) is 1. The molecule has 118 valence electrons. The third kappa shape index (κ3) is 3.86. The molecule has 0 spiro atoms. The number of halogens is 1. The molecule has 1 aromatic carbocycles. The van der Waals surface area contributed by atoms with E-state index in [1.165, 1.54) is 0 Å². The van der Waals surface area contributed by atoms with Gasteiger partial charge in [0.1, 0.15) is 0 Å². The topological polar surface area (TPSA) is 49.4 Å². The van der Waals surface area contributed by atoms with E-state index in [-0.39, 0.29) is 5.41 Å². The van der Waals surface area contributed by atoms with E-state index in [0.717, 1.165) is 18.5 Å². The minimum Gasteiger partial charge on any atom is -0.313 e. The number of hydrogen-bond donors (Lipinski definition) is 1. The molecule has 21 heavy (non-hydrogen) atoms. The highest BCUT2D eigenvalue weighted by atomic mass is 79.9. The summed E-state index contributed by atoms with van der Waals surface area (Å²) in [5, 5.41) is 3.22. The van der Waals surface area contributed by atoms with E-state index in [0.29, 0.717) is 29.0 Å². The molecule has 1 heterocycles. The zero-order valence-electron chi connectivity index (χ0n) is 12.8. The molecule has 0 aromatic heterocycles. The van der Waals surface area contributed by atoms with Crippen molar-refractivity contribution < 1.29 is 8.42 Å². The van der Waals surface area contributed by atoms with Crippen molar-refractivity contribution in [1.82, 2.24) is 9.62 Å². The number of sulfonamides is 1. The first-order valence-electron chi connectivity index (χ1n) is 7.25. The number of hydrogen-bond acceptors (Lipinski definition) is 3. The van der Waals surface area contributed by atoms with Crippen molar-refractivity contribution in [2.24, 2.45) is 5.41 Å². The van der Waals surface area contributed by atoms with Crippen molar-refractivity contribution >= 4 is 26.0 Å². The minimum absolute atomic E-state index is 0.0565. The standard InChI is InChI=1S/C15H23BrN2O2S/c1-4-17-10-12-5-6-13(16)14(9-12)21(19,20)18-8-7-15(2,3)11-18/h5-6,9,17H,4,7-8,10-11H2,1-3H3. The monoisotopic (exact) mass is 374 g/mol. The molecule has 0 aliphatic carbocycles. The van der Waals surface area contributed by atoms with Gasteiger partial charge in [0.2, 0.25) is 10.0 Å². The van der Waals surface area contributed by atoms with Crippen LogP contribution in [-0.2, 0) is 16.6 Å². The molecule has 0 saturated carbocycles. The molecule has 6 heteroatoms. The van der Waals surface area contributed by atoms with Gasteiger partial charge >= 0.3 is 0 Å². The lowest BCUT2D eigenvalue weighted by Crippen LogP contribution is -2.30. The molecule has 0 unspecified atom stereocenters. The summed E-state index contributed by atoms with van der Waals surface area (Å²) >= 11 is 3.38. The average molecular weight is 375 g/mol. The highest BCUT2D eigenvalue weighted by Gasteiger charge is 2.37. The highest BCUT2D eigenvalue weighted by Crippen LogP contribution is 2.34. The fourth-order valence-electron chi connectivity index (χ4n) is 2.53. The number of rotatable bonds is 5. The summed E-state index contributed by atoms with van der Waals surface area (Å²) < 4.78 is 27.9. The summed E-state index contributed by atoms with van der Waals surface area (Å²) in [5.74, 6) is 0. The van der Waals surface area contributed by atoms with E-state index in [2.05, 4.69) is 35.1 Å². The largest absolute Gasteiger partial charge is 0.313 e. The summed E-state index contributed by atoms with van der Waals surface area (Å²) in [4.78, 5) is 0.371. The lowest BCUT2D eigenvalue weighted by Gasteiger charge is -2.20. The van der Waals surface area contributed by atoms with Crippen molar-refractivity contribution in [3.05, 3.63) is 28.2 Å². The molecule has 1 aromatic rings. The lowest BCUT2D eigenvalue weighted by molar-refractivity contribution is 0.375. The minimum atomic E-state index is -3.43. The number of nitrogens with one attached hydrogen (secondary N) is 1. The summed E-state index contributed by atoms with van der Waals surface area (Å²) in [7, 11) is -3.43. The molecule has 1 fully saturated rings. The quantitative estimate of drug-likeness (QED) is 0.861. The number of benzene rings is 1. The maximum atomic E-state index is 12.8. The molecule has 0 atom stereocenters. The van der Waals surface area contributed by atoms with Crippen LogP contribution in [0.15, 0.2) is 27.6 Å². The molecule has 1 aliphatic heterocycles. The molecule has 1 aliphatic rings. The van der Waals surface area contributed by atoms with Crippen LogP contribution in [0.5, 0.6) is 0 Å². The summed E-state index contributed by atoms with van der Waals surface area (Å²) in [6.45, 7) is 8.97. The van der Waals surface area contributed by atoms with Gasteiger partial charge in [-0.15, -0.1) is 0 Å². The first kappa shape index (κ1) is 16.9. The van der Waals surface area contributed by atoms with E-state index >= 15 is 0 Å². The maximum absolute atomic E-state index is 12.8. The van der Waals surface area contributed by atoms with Gasteiger partial charge in [0.25, 0.3) is 0 Å². The Kier molecular flexibility index (Phi) is 5.13. The first-order valence-corrected chi connectivity index (χ1v) is 9.49. The van der Waals surface area contributed by atoms with E-state index in [4.69, 9.17) is 0 Å². The van der Waals surface area contributed by atoms with Crippen LogP contribution in [0.4, 0.5) is 0 Å². The highest BCUT2D eigenvalue weighted by molar-refractivity contribution is 9.10. The summed E-state index contributed by atoms with van der Waals surface area (Å²) in [6, 6.07) is 5.54. The van der Waals surface area contributed by atoms with Gasteiger partial charge in [-0.25, -0.2) is 8.42 Å². The fraction of sp³-hybridized carbons (Fsp3) is 0.600. The Labute approximate surface area is 136 Å². The molecule has 1 N–H and O–H groups in total. The molecule has 4 nitrogen and oxygen atoms in total. The molecule has 0 bridgehead atoms. The van der Waals surface area contributed by atoms with Crippen LogP contribution < -0.4 is 5.32 Å². The molecular formula is C15H23BrN2O2S. The lowest BCUT2D eigenvalue weighted by atomic mass is 9.93. The van der Waals surface area contributed by atoms with Gasteiger partial charge in [0.15, 0.2) is 0 Å². The Balaban J connectivity index is 2.31. The smallest absolute Gasteiger partial charge is 0.244 e. The normalized spacial score (nSPS) is 19.0. The SMILES string of the molecule is CCNCc1ccc(Br)c(S(=O)(=O)N2CCC(C)(C)C2)c1. The zero-order valence-corrected chi connectivity index (χ0v) is 15.2. The van der Waals surface area contributed by atoms with E-state index in [9.17, 15) is 8.42 Å². The Morgan fingerprint density at radius 2 is 2.10 bits per heavy atom. The van der Waals surface area contributed by atoms with E-state index in [1.54, 1.807) is 10.4 Å². The van der Waals surface area contributed by atoms with Crippen LogP contribution >= 0.6 is 15.9 Å². The van der Waals surface area contributed by atoms with E-state index < -0.39 is 10.0 Å². The third-order valence-corrected chi connectivity index (χ3v) is 6.67. The van der Waals surface area contributed by atoms with Gasteiger partial charge in [-0.1, -0.05) is 26.8 Å². The van der Waals surface area contributed by atoms with Crippen LogP contribution in [0, 0.1) is 5.41 Å². The Morgan fingerprint density at radius 1 is 1.38 bits per heavy atom. The van der Waals surface area contributed by atoms with Gasteiger partial charge in [0, 0.05) is 24.1 Å². The average Bonchev–Trinajstić information content (AvgIpc) is 2.78. The van der Waals surface area contributed by atoms with Crippen molar-refractivity contribution in [3.63, 3.8) is 0 Å². The fourth-order valence-corrected chi connectivity index (χ4v) is 5.14. The van der Waals surface area contributed by atoms with Crippen LogP contribution in [0.2, 0.25) is 0 Å². The summed E-state index contributed by atoms with van der Waals surface area (Å²) in [6.07, 6.45) is 0.904. The summed E-state index contributed by atoms with van der Waals surface area (Å²) in [5.41, 5.74) is 1.04. The van der Waals surface area contributed by atoms with E-state index in [1.807, 2.05) is 19.1 Å². The van der Waals surface area contributed by atoms with Crippen molar-refractivity contribution in [3.8, 4) is 0 Å². The van der Waals surface area contributed by atoms with Gasteiger partial charge in [-0.3, -0.25) is 0 Å². The van der Waals surface area contributed by atoms with Crippen LogP contribution in [-0.4, -0.2) is 32.4 Å². The zero-order chi connectivity index (χ0) is 15.7. The molecule has 1 saturated heterocycles. The second kappa shape index (κ2) is 6.36. The first-order chi connectivity index (χ1) is 9.76. The van der Waals surface area contributed by atoms with Crippen molar-refractivity contribution in [1.29, 1.82) is 0 Å². The Bertz CT molecular complexity index is 614. The van der Waals surface area contributed by atoms with Gasteiger partial charge in [-0.2, -0.15) is 4.31 Å². The Hall–Kier alpha value is -0.430. The van der Waals surface area contributed by atoms with Crippen LogP contribution in [0.25, 0.3) is 0 Å². The van der Waals surface area contributed by atoms with Gasteiger partial charge < -0.3 is 5.32 Å². The van der Waals surface area contributed by atoms with Crippen molar-refractivity contribution in [2.75, 3.05) is 19.6 Å². The second-order valence-corrected chi connectivity index (χ2v) is 9.06. The maximum Gasteiger partial charge on any atom is 0.244 e. The van der Waals surface area contributed by atoms with Crippen LogP contribution in [0.3, 0.4) is 0 Å². The predicted octanol–water partition coefficient (Wildman–Crippen LogP) is 2.98. The molecule has 0 amide bonds. The molecular weight excluding hydrogens is 352 g/mol. The van der Waals surface area contributed by atoms with Gasteiger partial charge in [-0.05, 0) is 52.0 Å². The Morgan fingerprint density at radius 3 is 2.67 bits per heavy atom. The van der Waals surface area contributed by atoms with Gasteiger partial charge in [0.05, 0.1) is 4.90 Å². The third-order valence-electron chi connectivity index (χ3n) is 3.83.